The van der Waals surface area contributed by atoms with Crippen molar-refractivity contribution in [2.75, 3.05) is 13.1 Å². The van der Waals surface area contributed by atoms with Gasteiger partial charge in [-0.2, -0.15) is 0 Å². The summed E-state index contributed by atoms with van der Waals surface area (Å²) >= 11 is 0. The third-order valence-corrected chi connectivity index (χ3v) is 7.63. The summed E-state index contributed by atoms with van der Waals surface area (Å²) in [5.74, 6) is 3.86. The van der Waals surface area contributed by atoms with Crippen LogP contribution in [-0.4, -0.2) is 24.9 Å². The van der Waals surface area contributed by atoms with E-state index < -0.39 is 0 Å². The van der Waals surface area contributed by atoms with Gasteiger partial charge in [-0.1, -0.05) is 26.7 Å². The van der Waals surface area contributed by atoms with E-state index in [1.165, 1.54) is 38.5 Å². The third kappa shape index (κ3) is 3.59. The van der Waals surface area contributed by atoms with Gasteiger partial charge in [0, 0.05) is 24.9 Å². The number of nitrogens with one attached hydrogen (secondary N) is 2. The summed E-state index contributed by atoms with van der Waals surface area (Å²) in [5.41, 5.74) is -0.0967. The molecular weight excluding hydrogens is 312 g/mol. The van der Waals surface area contributed by atoms with Gasteiger partial charge >= 0.3 is 0 Å². The molecule has 0 saturated heterocycles. The molecule has 0 aliphatic heterocycles. The number of rotatable bonds is 6. The minimum absolute atomic E-state index is 0.0967. The minimum atomic E-state index is -0.0967. The van der Waals surface area contributed by atoms with Crippen LogP contribution in [0.4, 0.5) is 0 Å². The van der Waals surface area contributed by atoms with Crippen molar-refractivity contribution in [2.24, 2.45) is 40.9 Å². The Kier molecular flexibility index (Phi) is 4.57. The smallest absolute Gasteiger partial charge is 0.223 e. The lowest BCUT2D eigenvalue weighted by Gasteiger charge is -2.29. The second-order valence-corrected chi connectivity index (χ2v) is 10.2. The van der Waals surface area contributed by atoms with Gasteiger partial charge in [0.2, 0.25) is 11.8 Å². The molecule has 0 aromatic carbocycles. The van der Waals surface area contributed by atoms with E-state index in [2.05, 4.69) is 24.5 Å². The number of hydrogen-bond acceptors (Lipinski definition) is 2. The van der Waals surface area contributed by atoms with E-state index >= 15 is 0 Å². The number of carbonyl (C=O) groups is 2. The molecule has 4 bridgehead atoms. The van der Waals surface area contributed by atoms with Gasteiger partial charge in [0.15, 0.2) is 0 Å². The molecular formula is C21H34N2O2. The number of hydrogen-bond donors (Lipinski definition) is 2. The van der Waals surface area contributed by atoms with Crippen LogP contribution in [0.3, 0.4) is 0 Å². The Hall–Kier alpha value is -1.06. The molecule has 0 spiro atoms. The Labute approximate surface area is 151 Å². The summed E-state index contributed by atoms with van der Waals surface area (Å²) in [6.07, 6.45) is 9.86. The average Bonchev–Trinajstić information content (AvgIpc) is 3.37. The normalized spacial score (nSPS) is 39.0. The van der Waals surface area contributed by atoms with Crippen molar-refractivity contribution in [1.82, 2.24) is 10.6 Å². The Morgan fingerprint density at radius 2 is 1.20 bits per heavy atom. The summed E-state index contributed by atoms with van der Waals surface area (Å²) in [6.45, 7) is 5.57. The summed E-state index contributed by atoms with van der Waals surface area (Å²) in [5, 5.41) is 6.36. The van der Waals surface area contributed by atoms with Gasteiger partial charge in [0.1, 0.15) is 0 Å². The summed E-state index contributed by atoms with van der Waals surface area (Å²) in [6, 6.07) is 0. The molecule has 0 heterocycles. The molecule has 6 atom stereocenters. The van der Waals surface area contributed by atoms with E-state index in [0.717, 1.165) is 24.7 Å². The fourth-order valence-electron chi connectivity index (χ4n) is 6.11. The van der Waals surface area contributed by atoms with Gasteiger partial charge in [-0.3, -0.25) is 9.59 Å². The van der Waals surface area contributed by atoms with Crippen LogP contribution in [-0.2, 0) is 9.59 Å². The van der Waals surface area contributed by atoms with Crippen LogP contribution in [0.1, 0.15) is 65.2 Å². The second-order valence-electron chi connectivity index (χ2n) is 10.2. The van der Waals surface area contributed by atoms with Crippen LogP contribution in [0.5, 0.6) is 0 Å². The van der Waals surface area contributed by atoms with Crippen LogP contribution in [0.15, 0.2) is 0 Å². The van der Waals surface area contributed by atoms with Crippen molar-refractivity contribution in [1.29, 1.82) is 0 Å². The Morgan fingerprint density at radius 3 is 1.52 bits per heavy atom. The lowest BCUT2D eigenvalue weighted by molar-refractivity contribution is -0.127. The zero-order valence-corrected chi connectivity index (χ0v) is 15.9. The SMILES string of the molecule is CC(C)(CNC(=O)[C@H]1C[C@@H]2CC[C@@H]1C2)CNC(=O)[C@@H]1C[C@@H]2CC[C@@H]1C2. The molecule has 0 aromatic heterocycles. The van der Waals surface area contributed by atoms with Crippen molar-refractivity contribution in [3.8, 4) is 0 Å². The first kappa shape index (κ1) is 17.4. The molecule has 2 amide bonds. The molecule has 4 aliphatic rings. The average molecular weight is 347 g/mol. The minimum Gasteiger partial charge on any atom is -0.355 e. The first-order valence-corrected chi connectivity index (χ1v) is 10.5. The molecule has 0 radical (unpaired) electrons. The highest BCUT2D eigenvalue weighted by atomic mass is 16.2. The highest BCUT2D eigenvalue weighted by molar-refractivity contribution is 5.80. The Bertz CT molecular complexity index is 498. The highest BCUT2D eigenvalue weighted by Gasteiger charge is 2.44. The van der Waals surface area contributed by atoms with Crippen LogP contribution in [0.25, 0.3) is 0 Å². The van der Waals surface area contributed by atoms with Crippen LogP contribution < -0.4 is 10.6 Å². The summed E-state index contributed by atoms with van der Waals surface area (Å²) in [4.78, 5) is 25.0. The van der Waals surface area contributed by atoms with Crippen LogP contribution >= 0.6 is 0 Å². The second kappa shape index (κ2) is 6.59. The first-order chi connectivity index (χ1) is 11.9. The standard InChI is InChI=1S/C21H34N2O2/c1-21(2,11-22-19(24)17-9-13-3-5-15(17)7-13)12-23-20(25)18-10-14-4-6-16(18)8-14/h13-18H,3-12H2,1-2H3,(H,22,24)(H,23,25)/t13-,14-,15-,16-,17-,18+/m1/s1. The maximum Gasteiger partial charge on any atom is 0.223 e. The molecule has 140 valence electrons. The largest absolute Gasteiger partial charge is 0.355 e. The van der Waals surface area contributed by atoms with Crippen molar-refractivity contribution in [3.05, 3.63) is 0 Å². The maximum atomic E-state index is 12.5. The lowest BCUT2D eigenvalue weighted by Crippen LogP contribution is -2.45. The first-order valence-electron chi connectivity index (χ1n) is 10.5. The van der Waals surface area contributed by atoms with Crippen molar-refractivity contribution in [3.63, 3.8) is 0 Å². The summed E-state index contributed by atoms with van der Waals surface area (Å²) in [7, 11) is 0. The Balaban J connectivity index is 1.20. The molecule has 2 N–H and O–H groups in total. The fourth-order valence-corrected chi connectivity index (χ4v) is 6.11. The molecule has 4 aliphatic carbocycles. The predicted octanol–water partition coefficient (Wildman–Crippen LogP) is 3.12. The van der Waals surface area contributed by atoms with Crippen molar-refractivity contribution >= 4 is 11.8 Å². The molecule has 4 rings (SSSR count). The van der Waals surface area contributed by atoms with Gasteiger partial charge in [-0.15, -0.1) is 0 Å². The zero-order chi connectivity index (χ0) is 17.6. The van der Waals surface area contributed by atoms with Gasteiger partial charge in [0.05, 0.1) is 0 Å². The molecule has 25 heavy (non-hydrogen) atoms. The van der Waals surface area contributed by atoms with Gasteiger partial charge in [0.25, 0.3) is 0 Å². The van der Waals surface area contributed by atoms with Crippen molar-refractivity contribution in [2.45, 2.75) is 65.2 Å². The van der Waals surface area contributed by atoms with E-state index in [0.29, 0.717) is 24.9 Å². The van der Waals surface area contributed by atoms with E-state index in [4.69, 9.17) is 0 Å². The molecule has 4 heteroatoms. The fraction of sp³-hybridized carbons (Fsp3) is 0.905. The van der Waals surface area contributed by atoms with Crippen molar-refractivity contribution < 1.29 is 9.59 Å². The molecule has 4 saturated carbocycles. The zero-order valence-electron chi connectivity index (χ0n) is 15.9. The maximum absolute atomic E-state index is 12.5. The molecule has 4 fully saturated rings. The van der Waals surface area contributed by atoms with Gasteiger partial charge < -0.3 is 10.6 Å². The third-order valence-electron chi connectivity index (χ3n) is 7.63. The van der Waals surface area contributed by atoms with Gasteiger partial charge in [-0.05, 0) is 67.6 Å². The topological polar surface area (TPSA) is 58.2 Å². The van der Waals surface area contributed by atoms with Crippen LogP contribution in [0, 0.1) is 40.9 Å². The van der Waals surface area contributed by atoms with E-state index in [1.54, 1.807) is 0 Å². The van der Waals surface area contributed by atoms with Gasteiger partial charge in [-0.25, -0.2) is 0 Å². The summed E-state index contributed by atoms with van der Waals surface area (Å²) < 4.78 is 0. The Morgan fingerprint density at radius 1 is 0.760 bits per heavy atom. The number of fused-ring (bicyclic) bond motifs is 4. The molecule has 4 nitrogen and oxygen atoms in total. The molecule has 0 aromatic rings. The number of amides is 2. The predicted molar refractivity (Wildman–Crippen MR) is 97.7 cm³/mol. The highest BCUT2D eigenvalue weighted by Crippen LogP contribution is 2.49. The van der Waals surface area contributed by atoms with E-state index in [-0.39, 0.29) is 29.1 Å². The lowest BCUT2D eigenvalue weighted by atomic mass is 9.86. The molecule has 0 unspecified atom stereocenters. The van der Waals surface area contributed by atoms with Crippen LogP contribution in [0.2, 0.25) is 0 Å². The van der Waals surface area contributed by atoms with E-state index in [9.17, 15) is 9.59 Å². The quantitative estimate of drug-likeness (QED) is 0.776. The monoisotopic (exact) mass is 346 g/mol. The number of carbonyl (C=O) groups excluding carboxylic acids is 2. The van der Waals surface area contributed by atoms with E-state index in [1.807, 2.05) is 0 Å².